The summed E-state index contributed by atoms with van der Waals surface area (Å²) in [4.78, 5) is 14.4. The monoisotopic (exact) mass is 315 g/mol. The first kappa shape index (κ1) is 16.2. The number of benzene rings is 1. The maximum Gasteiger partial charge on any atom is 0.221 e. The lowest BCUT2D eigenvalue weighted by Gasteiger charge is -2.22. The van der Waals surface area contributed by atoms with Crippen LogP contribution in [0.15, 0.2) is 24.3 Å². The number of anilines is 2. The number of carbonyl (C=O) groups is 1. The normalized spacial score (nSPS) is 18.9. The molecule has 0 aromatic heterocycles. The average Bonchev–Trinajstić information content (AvgIpc) is 3.11. The van der Waals surface area contributed by atoms with Gasteiger partial charge in [-0.05, 0) is 49.9 Å². The van der Waals surface area contributed by atoms with Gasteiger partial charge in [-0.2, -0.15) is 0 Å². The molecule has 1 heterocycles. The van der Waals surface area contributed by atoms with Gasteiger partial charge in [0.1, 0.15) is 0 Å². The Bertz CT molecular complexity index is 488. The van der Waals surface area contributed by atoms with E-state index in [0.717, 1.165) is 18.5 Å². The summed E-state index contributed by atoms with van der Waals surface area (Å²) in [5, 5.41) is 6.52. The van der Waals surface area contributed by atoms with Gasteiger partial charge in [0.15, 0.2) is 0 Å². The summed E-state index contributed by atoms with van der Waals surface area (Å²) in [6, 6.07) is 9.00. The van der Waals surface area contributed by atoms with Crippen LogP contribution in [-0.2, 0) is 4.79 Å². The SMILES string of the molecule is O=C(CCNc1ccc(N2CCCC2)cc1)NC1CCCCC1. The Morgan fingerprint density at radius 2 is 1.70 bits per heavy atom. The maximum absolute atomic E-state index is 12.0. The number of amides is 1. The first-order chi connectivity index (χ1) is 11.3. The third-order valence-electron chi connectivity index (χ3n) is 4.99. The van der Waals surface area contributed by atoms with Gasteiger partial charge in [-0.25, -0.2) is 0 Å². The van der Waals surface area contributed by atoms with Crippen LogP contribution in [0, 0.1) is 0 Å². The highest BCUT2D eigenvalue weighted by Crippen LogP contribution is 2.22. The molecule has 0 radical (unpaired) electrons. The van der Waals surface area contributed by atoms with Gasteiger partial charge in [-0.3, -0.25) is 4.79 Å². The van der Waals surface area contributed by atoms with Crippen molar-refractivity contribution in [1.82, 2.24) is 5.32 Å². The van der Waals surface area contributed by atoms with Crippen molar-refractivity contribution in [1.29, 1.82) is 0 Å². The number of nitrogens with zero attached hydrogens (tertiary/aromatic N) is 1. The lowest BCUT2D eigenvalue weighted by atomic mass is 9.95. The Morgan fingerprint density at radius 1 is 1.00 bits per heavy atom. The zero-order valence-corrected chi connectivity index (χ0v) is 14.0. The topological polar surface area (TPSA) is 44.4 Å². The molecule has 0 bridgehead atoms. The highest BCUT2D eigenvalue weighted by atomic mass is 16.1. The second kappa shape index (κ2) is 8.23. The summed E-state index contributed by atoms with van der Waals surface area (Å²) in [6.07, 6.45) is 9.28. The van der Waals surface area contributed by atoms with Gasteiger partial charge in [0.25, 0.3) is 0 Å². The van der Waals surface area contributed by atoms with Gasteiger partial charge < -0.3 is 15.5 Å². The number of nitrogens with one attached hydrogen (secondary N) is 2. The molecule has 1 saturated carbocycles. The Balaban J connectivity index is 1.37. The van der Waals surface area contributed by atoms with Crippen LogP contribution in [0.5, 0.6) is 0 Å². The molecule has 1 aromatic rings. The van der Waals surface area contributed by atoms with E-state index in [9.17, 15) is 4.79 Å². The summed E-state index contributed by atoms with van der Waals surface area (Å²) in [7, 11) is 0. The standard InChI is InChI=1S/C19H29N3O/c23-19(21-17-6-2-1-3-7-17)12-13-20-16-8-10-18(11-9-16)22-14-4-5-15-22/h8-11,17,20H,1-7,12-15H2,(H,21,23). The van der Waals surface area contributed by atoms with E-state index in [-0.39, 0.29) is 5.91 Å². The predicted molar refractivity (Wildman–Crippen MR) is 96.0 cm³/mol. The van der Waals surface area contributed by atoms with E-state index in [2.05, 4.69) is 39.8 Å². The number of hydrogen-bond acceptors (Lipinski definition) is 3. The van der Waals surface area contributed by atoms with Crippen LogP contribution >= 0.6 is 0 Å². The van der Waals surface area contributed by atoms with Gasteiger partial charge in [0.05, 0.1) is 0 Å². The fourth-order valence-electron chi connectivity index (χ4n) is 3.63. The second-order valence-electron chi connectivity index (χ2n) is 6.82. The third-order valence-corrected chi connectivity index (χ3v) is 4.99. The minimum atomic E-state index is 0.179. The van der Waals surface area contributed by atoms with Gasteiger partial charge in [0.2, 0.25) is 5.91 Å². The van der Waals surface area contributed by atoms with E-state index < -0.39 is 0 Å². The van der Waals surface area contributed by atoms with Crippen molar-refractivity contribution < 1.29 is 4.79 Å². The minimum absolute atomic E-state index is 0.179. The molecule has 23 heavy (non-hydrogen) atoms. The molecule has 0 spiro atoms. The van der Waals surface area contributed by atoms with E-state index in [1.54, 1.807) is 0 Å². The third kappa shape index (κ3) is 4.88. The van der Waals surface area contributed by atoms with E-state index in [4.69, 9.17) is 0 Å². The molecule has 0 atom stereocenters. The van der Waals surface area contributed by atoms with Crippen LogP contribution in [0.25, 0.3) is 0 Å². The molecule has 1 amide bonds. The minimum Gasteiger partial charge on any atom is -0.385 e. The predicted octanol–water partition coefficient (Wildman–Crippen LogP) is 3.54. The smallest absolute Gasteiger partial charge is 0.221 e. The molecule has 4 nitrogen and oxygen atoms in total. The van der Waals surface area contributed by atoms with Gasteiger partial charge in [-0.15, -0.1) is 0 Å². The quantitative estimate of drug-likeness (QED) is 0.844. The fraction of sp³-hybridized carbons (Fsp3) is 0.632. The number of hydrogen-bond donors (Lipinski definition) is 2. The van der Waals surface area contributed by atoms with Crippen molar-refractivity contribution >= 4 is 17.3 Å². The first-order valence-electron chi connectivity index (χ1n) is 9.19. The molecule has 126 valence electrons. The molecule has 3 rings (SSSR count). The second-order valence-corrected chi connectivity index (χ2v) is 6.82. The molecule has 4 heteroatoms. The van der Waals surface area contributed by atoms with Crippen LogP contribution in [0.2, 0.25) is 0 Å². The molecule has 1 aromatic carbocycles. The maximum atomic E-state index is 12.0. The van der Waals surface area contributed by atoms with E-state index >= 15 is 0 Å². The zero-order chi connectivity index (χ0) is 15.9. The molecule has 2 fully saturated rings. The van der Waals surface area contributed by atoms with Crippen LogP contribution in [0.3, 0.4) is 0 Å². The van der Waals surface area contributed by atoms with Crippen molar-refractivity contribution in [3.05, 3.63) is 24.3 Å². The lowest BCUT2D eigenvalue weighted by Crippen LogP contribution is -2.36. The molecule has 0 unspecified atom stereocenters. The summed E-state index contributed by atoms with van der Waals surface area (Å²) < 4.78 is 0. The number of rotatable bonds is 6. The highest BCUT2D eigenvalue weighted by molar-refractivity contribution is 5.76. The zero-order valence-electron chi connectivity index (χ0n) is 14.0. The average molecular weight is 315 g/mol. The Labute approximate surface area is 139 Å². The van der Waals surface area contributed by atoms with Crippen molar-refractivity contribution in [2.24, 2.45) is 0 Å². The van der Waals surface area contributed by atoms with Crippen LogP contribution in [0.1, 0.15) is 51.4 Å². The number of carbonyl (C=O) groups excluding carboxylic acids is 1. The van der Waals surface area contributed by atoms with E-state index in [0.29, 0.717) is 19.0 Å². The molecule has 2 aliphatic rings. The Kier molecular flexibility index (Phi) is 5.78. The highest BCUT2D eigenvalue weighted by Gasteiger charge is 2.15. The Hall–Kier alpha value is -1.71. The Morgan fingerprint density at radius 3 is 2.39 bits per heavy atom. The largest absolute Gasteiger partial charge is 0.385 e. The van der Waals surface area contributed by atoms with Gasteiger partial charge >= 0.3 is 0 Å². The van der Waals surface area contributed by atoms with E-state index in [1.807, 2.05) is 0 Å². The van der Waals surface area contributed by atoms with Crippen LogP contribution in [0.4, 0.5) is 11.4 Å². The van der Waals surface area contributed by atoms with E-state index in [1.165, 1.54) is 50.9 Å². The fourth-order valence-corrected chi connectivity index (χ4v) is 3.63. The summed E-state index contributed by atoms with van der Waals surface area (Å²) in [5.41, 5.74) is 2.40. The van der Waals surface area contributed by atoms with Crippen molar-refractivity contribution in [3.63, 3.8) is 0 Å². The van der Waals surface area contributed by atoms with Gasteiger partial charge in [0, 0.05) is 43.5 Å². The summed E-state index contributed by atoms with van der Waals surface area (Å²) in [5.74, 6) is 0.179. The van der Waals surface area contributed by atoms with Crippen molar-refractivity contribution in [3.8, 4) is 0 Å². The molecular weight excluding hydrogens is 286 g/mol. The first-order valence-corrected chi connectivity index (χ1v) is 9.19. The van der Waals surface area contributed by atoms with Crippen molar-refractivity contribution in [2.45, 2.75) is 57.4 Å². The van der Waals surface area contributed by atoms with Gasteiger partial charge in [-0.1, -0.05) is 19.3 Å². The molecule has 2 N–H and O–H groups in total. The summed E-state index contributed by atoms with van der Waals surface area (Å²) >= 11 is 0. The molecule has 1 aliphatic carbocycles. The van der Waals surface area contributed by atoms with Crippen LogP contribution in [-0.4, -0.2) is 31.6 Å². The molecular formula is C19H29N3O. The molecule has 1 saturated heterocycles. The van der Waals surface area contributed by atoms with Crippen LogP contribution < -0.4 is 15.5 Å². The summed E-state index contributed by atoms with van der Waals surface area (Å²) in [6.45, 7) is 3.05. The lowest BCUT2D eigenvalue weighted by molar-refractivity contribution is -0.121. The molecule has 1 aliphatic heterocycles. The van der Waals surface area contributed by atoms with Crippen molar-refractivity contribution in [2.75, 3.05) is 29.9 Å².